The van der Waals surface area contributed by atoms with Gasteiger partial charge in [-0.3, -0.25) is 0 Å². The highest BCUT2D eigenvalue weighted by atomic mass is 79.9. The summed E-state index contributed by atoms with van der Waals surface area (Å²) in [5.74, 6) is 0. The molecule has 0 aliphatic carbocycles. The Hall–Kier alpha value is -1.00. The number of nitrogen functional groups attached to an aromatic ring is 1. The van der Waals surface area contributed by atoms with Gasteiger partial charge in [0, 0.05) is 20.7 Å². The van der Waals surface area contributed by atoms with E-state index in [4.69, 9.17) is 5.73 Å². The topological polar surface area (TPSA) is 38.0 Å². The molecule has 0 aliphatic rings. The van der Waals surface area contributed by atoms with Crippen molar-refractivity contribution in [3.05, 3.63) is 44.6 Å². The number of benzene rings is 1. The van der Waals surface area contributed by atoms with E-state index >= 15 is 0 Å². The summed E-state index contributed by atoms with van der Waals surface area (Å²) in [5.41, 5.74) is 9.06. The van der Waals surface area contributed by atoms with Gasteiger partial charge in [0.1, 0.15) is 0 Å². The molecule has 4 heteroatoms. The van der Waals surface area contributed by atoms with Gasteiger partial charge in [-0.25, -0.2) is 0 Å². The van der Waals surface area contributed by atoms with E-state index < -0.39 is 0 Å². The van der Waals surface area contributed by atoms with Gasteiger partial charge in [-0.15, -0.1) is 11.3 Å². The maximum atomic E-state index is 5.83. The van der Waals surface area contributed by atoms with Gasteiger partial charge < -0.3 is 11.1 Å². The van der Waals surface area contributed by atoms with Gasteiger partial charge >= 0.3 is 0 Å². The number of hydrogen-bond acceptors (Lipinski definition) is 3. The second-order valence-electron chi connectivity index (χ2n) is 3.57. The fraction of sp³-hybridized carbons (Fsp3) is 0.167. The van der Waals surface area contributed by atoms with Crippen LogP contribution in [0.2, 0.25) is 0 Å². The van der Waals surface area contributed by atoms with E-state index in [1.165, 1.54) is 10.4 Å². The monoisotopic (exact) mass is 296 g/mol. The maximum Gasteiger partial charge on any atom is 0.0514 e. The molecule has 0 saturated heterocycles. The minimum absolute atomic E-state index is 0.779. The highest BCUT2D eigenvalue weighted by Gasteiger charge is 2.03. The maximum absolute atomic E-state index is 5.83. The van der Waals surface area contributed by atoms with E-state index in [1.807, 2.05) is 23.6 Å². The smallest absolute Gasteiger partial charge is 0.0514 e. The quantitative estimate of drug-likeness (QED) is 0.898. The van der Waals surface area contributed by atoms with E-state index in [2.05, 4.69) is 34.2 Å². The van der Waals surface area contributed by atoms with Crippen molar-refractivity contribution in [1.29, 1.82) is 0 Å². The van der Waals surface area contributed by atoms with Crippen LogP contribution in [0.4, 0.5) is 11.4 Å². The third-order valence-corrected chi connectivity index (χ3v) is 4.28. The molecule has 2 rings (SSSR count). The molecule has 0 spiro atoms. The van der Waals surface area contributed by atoms with Gasteiger partial charge in [-0.05, 0) is 36.1 Å². The largest absolute Gasteiger partial charge is 0.398 e. The molecule has 0 saturated carbocycles. The summed E-state index contributed by atoms with van der Waals surface area (Å²) < 4.78 is 1.12. The molecular formula is C12H13BrN2S. The van der Waals surface area contributed by atoms with Crippen molar-refractivity contribution in [2.24, 2.45) is 0 Å². The van der Waals surface area contributed by atoms with E-state index in [0.29, 0.717) is 0 Å². The van der Waals surface area contributed by atoms with Gasteiger partial charge in [-0.1, -0.05) is 22.0 Å². The van der Waals surface area contributed by atoms with Crippen molar-refractivity contribution in [2.45, 2.75) is 13.5 Å². The standard InChI is InChI=1S/C12H13BrN2S/c1-8-9(13)3-2-4-11(8)15-7-12-10(14)5-6-16-12/h2-6,15H,7,14H2,1H3. The van der Waals surface area contributed by atoms with Crippen molar-refractivity contribution in [3.8, 4) is 0 Å². The van der Waals surface area contributed by atoms with Crippen LogP contribution in [0.25, 0.3) is 0 Å². The summed E-state index contributed by atoms with van der Waals surface area (Å²) >= 11 is 5.20. The first-order valence-corrected chi connectivity index (χ1v) is 6.66. The first-order chi connectivity index (χ1) is 7.68. The minimum atomic E-state index is 0.779. The Bertz CT molecular complexity index is 494. The highest BCUT2D eigenvalue weighted by molar-refractivity contribution is 9.10. The van der Waals surface area contributed by atoms with Crippen molar-refractivity contribution >= 4 is 38.6 Å². The minimum Gasteiger partial charge on any atom is -0.398 e. The van der Waals surface area contributed by atoms with Crippen LogP contribution >= 0.6 is 27.3 Å². The van der Waals surface area contributed by atoms with Crippen molar-refractivity contribution < 1.29 is 0 Å². The predicted molar refractivity (Wildman–Crippen MR) is 74.9 cm³/mol. The molecule has 0 unspecified atom stereocenters. The fourth-order valence-corrected chi connectivity index (χ4v) is 2.57. The summed E-state index contributed by atoms with van der Waals surface area (Å²) in [4.78, 5) is 1.18. The summed E-state index contributed by atoms with van der Waals surface area (Å²) in [6.45, 7) is 2.87. The van der Waals surface area contributed by atoms with Crippen LogP contribution in [0.15, 0.2) is 34.1 Å². The Morgan fingerprint density at radius 3 is 2.88 bits per heavy atom. The molecule has 0 amide bonds. The number of anilines is 2. The highest BCUT2D eigenvalue weighted by Crippen LogP contribution is 2.25. The second kappa shape index (κ2) is 4.89. The third-order valence-electron chi connectivity index (χ3n) is 2.49. The van der Waals surface area contributed by atoms with Crippen LogP contribution in [-0.2, 0) is 6.54 Å². The Morgan fingerprint density at radius 1 is 1.38 bits per heavy atom. The molecule has 3 N–H and O–H groups in total. The zero-order valence-corrected chi connectivity index (χ0v) is 11.4. The average Bonchev–Trinajstić information content (AvgIpc) is 2.67. The number of nitrogens with two attached hydrogens (primary N) is 1. The molecule has 0 bridgehead atoms. The van der Waals surface area contributed by atoms with Crippen molar-refractivity contribution in [3.63, 3.8) is 0 Å². The number of rotatable bonds is 3. The summed E-state index contributed by atoms with van der Waals surface area (Å²) in [7, 11) is 0. The first-order valence-electron chi connectivity index (χ1n) is 4.99. The molecule has 84 valence electrons. The molecule has 1 aromatic carbocycles. The van der Waals surface area contributed by atoms with Crippen molar-refractivity contribution in [1.82, 2.24) is 0 Å². The number of thiophene rings is 1. The van der Waals surface area contributed by atoms with Gasteiger partial charge in [0.05, 0.1) is 6.54 Å². The van der Waals surface area contributed by atoms with E-state index in [-0.39, 0.29) is 0 Å². The zero-order valence-electron chi connectivity index (χ0n) is 8.96. The molecule has 0 atom stereocenters. The third kappa shape index (κ3) is 2.39. The molecule has 2 aromatic rings. The van der Waals surface area contributed by atoms with Crippen molar-refractivity contribution in [2.75, 3.05) is 11.1 Å². The predicted octanol–water partition coefficient (Wildman–Crippen LogP) is 4.01. The molecular weight excluding hydrogens is 284 g/mol. The van der Waals surface area contributed by atoms with Crippen LogP contribution in [0.5, 0.6) is 0 Å². The number of halogens is 1. The zero-order chi connectivity index (χ0) is 11.5. The lowest BCUT2D eigenvalue weighted by atomic mass is 10.2. The normalized spacial score (nSPS) is 10.4. The van der Waals surface area contributed by atoms with E-state index in [0.717, 1.165) is 22.4 Å². The molecule has 0 aliphatic heterocycles. The summed E-state index contributed by atoms with van der Waals surface area (Å²) in [6, 6.07) is 8.08. The van der Waals surface area contributed by atoms with Crippen LogP contribution in [0.3, 0.4) is 0 Å². The van der Waals surface area contributed by atoms with Gasteiger partial charge in [-0.2, -0.15) is 0 Å². The Balaban J connectivity index is 2.11. The van der Waals surface area contributed by atoms with E-state index in [9.17, 15) is 0 Å². The Kier molecular flexibility index (Phi) is 3.51. The SMILES string of the molecule is Cc1c(Br)cccc1NCc1sccc1N. The lowest BCUT2D eigenvalue weighted by Crippen LogP contribution is -2.01. The Morgan fingerprint density at radius 2 is 2.19 bits per heavy atom. The number of nitrogens with one attached hydrogen (secondary N) is 1. The molecule has 16 heavy (non-hydrogen) atoms. The summed E-state index contributed by atoms with van der Waals surface area (Å²) in [6.07, 6.45) is 0. The number of hydrogen-bond donors (Lipinski definition) is 2. The van der Waals surface area contributed by atoms with Gasteiger partial charge in [0.25, 0.3) is 0 Å². The Labute approximate surface area is 108 Å². The summed E-state index contributed by atoms with van der Waals surface area (Å²) in [5, 5.41) is 5.41. The molecule has 1 aromatic heterocycles. The van der Waals surface area contributed by atoms with Crippen LogP contribution < -0.4 is 11.1 Å². The molecule has 1 heterocycles. The van der Waals surface area contributed by atoms with Crippen LogP contribution in [-0.4, -0.2) is 0 Å². The van der Waals surface area contributed by atoms with Crippen LogP contribution in [0, 0.1) is 6.92 Å². The van der Waals surface area contributed by atoms with E-state index in [1.54, 1.807) is 11.3 Å². The fourth-order valence-electron chi connectivity index (χ4n) is 1.47. The lowest BCUT2D eigenvalue weighted by Gasteiger charge is -2.10. The molecule has 0 fully saturated rings. The molecule has 2 nitrogen and oxygen atoms in total. The average molecular weight is 297 g/mol. The first kappa shape index (κ1) is 11.5. The second-order valence-corrected chi connectivity index (χ2v) is 5.42. The van der Waals surface area contributed by atoms with Crippen LogP contribution in [0.1, 0.15) is 10.4 Å². The lowest BCUT2D eigenvalue weighted by molar-refractivity contribution is 1.18. The van der Waals surface area contributed by atoms with Gasteiger partial charge in [0.15, 0.2) is 0 Å². The van der Waals surface area contributed by atoms with Gasteiger partial charge in [0.2, 0.25) is 0 Å². The molecule has 0 radical (unpaired) electrons.